The second-order valence-electron chi connectivity index (χ2n) is 5.39. The van der Waals surface area contributed by atoms with Gasteiger partial charge < -0.3 is 9.47 Å². The van der Waals surface area contributed by atoms with Crippen LogP contribution in [0.15, 0.2) is 30.3 Å². The number of ether oxygens (including phenoxy) is 2. The van der Waals surface area contributed by atoms with Gasteiger partial charge in [0.25, 0.3) is 0 Å². The van der Waals surface area contributed by atoms with Crippen LogP contribution in [0.2, 0.25) is 0 Å². The Morgan fingerprint density at radius 1 is 1.12 bits per heavy atom. The number of hydrogen-bond donors (Lipinski definition) is 0. The maximum atomic E-state index is 6.29. The van der Waals surface area contributed by atoms with Gasteiger partial charge in [-0.2, -0.15) is 0 Å². The van der Waals surface area contributed by atoms with E-state index in [9.17, 15) is 0 Å². The Hall–Kier alpha value is -0.570. The third-order valence-electron chi connectivity index (χ3n) is 3.05. The first-order valence-electron chi connectivity index (χ1n) is 5.94. The molecule has 1 aromatic rings. The van der Waals surface area contributed by atoms with E-state index < -0.39 is 5.79 Å². The maximum absolute atomic E-state index is 6.29. The molecule has 94 valence electrons. The van der Waals surface area contributed by atoms with Gasteiger partial charge in [0, 0.05) is 11.0 Å². The third-order valence-corrected chi connectivity index (χ3v) is 3.34. The second-order valence-corrected chi connectivity index (χ2v) is 6.05. The van der Waals surface area contributed by atoms with Gasteiger partial charge in [0.15, 0.2) is 0 Å². The van der Waals surface area contributed by atoms with Crippen LogP contribution in [0.4, 0.5) is 0 Å². The lowest BCUT2D eigenvalue weighted by Gasteiger charge is -2.45. The largest absolute Gasteiger partial charge is 0.344 e. The number of rotatable bonds is 2. The van der Waals surface area contributed by atoms with Crippen LogP contribution in [0.1, 0.15) is 26.3 Å². The monoisotopic (exact) mass is 254 g/mol. The van der Waals surface area contributed by atoms with Gasteiger partial charge in [-0.05, 0) is 6.92 Å². The lowest BCUT2D eigenvalue weighted by Crippen LogP contribution is -2.49. The fourth-order valence-corrected chi connectivity index (χ4v) is 2.24. The molecule has 17 heavy (non-hydrogen) atoms. The van der Waals surface area contributed by atoms with Crippen LogP contribution in [-0.4, -0.2) is 18.6 Å². The molecule has 2 rings (SSSR count). The van der Waals surface area contributed by atoms with Gasteiger partial charge in [0.2, 0.25) is 5.79 Å². The maximum Gasteiger partial charge on any atom is 0.211 e. The molecule has 1 heterocycles. The Kier molecular flexibility index (Phi) is 3.48. The third kappa shape index (κ3) is 2.49. The van der Waals surface area contributed by atoms with Crippen molar-refractivity contribution in [1.29, 1.82) is 0 Å². The number of alkyl halides is 1. The highest BCUT2D eigenvalue weighted by atomic mass is 35.5. The first-order valence-corrected chi connectivity index (χ1v) is 6.37. The van der Waals surface area contributed by atoms with Gasteiger partial charge in [-0.3, -0.25) is 0 Å². The highest BCUT2D eigenvalue weighted by Gasteiger charge is 2.45. The van der Waals surface area contributed by atoms with E-state index in [1.807, 2.05) is 37.3 Å². The second kappa shape index (κ2) is 4.60. The summed E-state index contributed by atoms with van der Waals surface area (Å²) < 4.78 is 11.9. The summed E-state index contributed by atoms with van der Waals surface area (Å²) in [5.74, 6) is -0.807. The van der Waals surface area contributed by atoms with E-state index in [1.165, 1.54) is 0 Å². The zero-order valence-corrected chi connectivity index (χ0v) is 11.3. The summed E-state index contributed by atoms with van der Waals surface area (Å²) in [7, 11) is 0. The van der Waals surface area contributed by atoms with E-state index in [-0.39, 0.29) is 10.8 Å². The van der Waals surface area contributed by atoms with Crippen molar-refractivity contribution in [2.24, 2.45) is 5.41 Å². The topological polar surface area (TPSA) is 18.5 Å². The molecule has 1 aromatic carbocycles. The Balaban J connectivity index is 2.30. The van der Waals surface area contributed by atoms with Crippen LogP contribution in [0.5, 0.6) is 0 Å². The SMILES string of the molecule is CC(Cl)C1(c2ccccc2)OCC(C)(C)CO1. The molecule has 3 heteroatoms. The molecule has 1 unspecified atom stereocenters. The van der Waals surface area contributed by atoms with E-state index >= 15 is 0 Å². The Morgan fingerprint density at radius 3 is 2.12 bits per heavy atom. The zero-order valence-electron chi connectivity index (χ0n) is 10.6. The minimum absolute atomic E-state index is 0.0457. The summed E-state index contributed by atoms with van der Waals surface area (Å²) in [5.41, 5.74) is 1.03. The zero-order chi connectivity index (χ0) is 12.5. The lowest BCUT2D eigenvalue weighted by molar-refractivity contribution is -0.307. The van der Waals surface area contributed by atoms with Crippen molar-refractivity contribution in [3.05, 3.63) is 35.9 Å². The number of hydrogen-bond acceptors (Lipinski definition) is 2. The van der Waals surface area contributed by atoms with E-state index in [0.717, 1.165) is 5.56 Å². The van der Waals surface area contributed by atoms with Crippen molar-refractivity contribution in [1.82, 2.24) is 0 Å². The fraction of sp³-hybridized carbons (Fsp3) is 0.571. The van der Waals surface area contributed by atoms with Gasteiger partial charge in [0.1, 0.15) is 0 Å². The fourth-order valence-electron chi connectivity index (χ4n) is 1.98. The molecule has 1 aliphatic rings. The van der Waals surface area contributed by atoms with E-state index in [2.05, 4.69) is 13.8 Å². The molecule has 0 aliphatic carbocycles. The first kappa shape index (κ1) is 12.9. The lowest BCUT2D eigenvalue weighted by atomic mass is 9.92. The van der Waals surface area contributed by atoms with Crippen molar-refractivity contribution >= 4 is 11.6 Å². The molecule has 0 amide bonds. The van der Waals surface area contributed by atoms with Gasteiger partial charge in [-0.25, -0.2) is 0 Å². The predicted molar refractivity (Wildman–Crippen MR) is 69.1 cm³/mol. The van der Waals surface area contributed by atoms with Gasteiger partial charge in [-0.1, -0.05) is 44.2 Å². The Morgan fingerprint density at radius 2 is 1.65 bits per heavy atom. The summed E-state index contributed by atoms with van der Waals surface area (Å²) in [5, 5.41) is -0.235. The summed E-state index contributed by atoms with van der Waals surface area (Å²) in [6.45, 7) is 7.46. The molecule has 1 saturated heterocycles. The molecule has 1 atom stereocenters. The van der Waals surface area contributed by atoms with Crippen molar-refractivity contribution in [3.63, 3.8) is 0 Å². The van der Waals surface area contributed by atoms with Gasteiger partial charge in [-0.15, -0.1) is 11.6 Å². The molecule has 0 spiro atoms. The molecule has 1 fully saturated rings. The van der Waals surface area contributed by atoms with Crippen LogP contribution in [-0.2, 0) is 15.3 Å². The smallest absolute Gasteiger partial charge is 0.211 e. The minimum Gasteiger partial charge on any atom is -0.344 e. The van der Waals surface area contributed by atoms with E-state index in [1.54, 1.807) is 0 Å². The van der Waals surface area contributed by atoms with Crippen LogP contribution in [0.25, 0.3) is 0 Å². The van der Waals surface area contributed by atoms with Crippen molar-refractivity contribution in [2.45, 2.75) is 31.9 Å². The highest BCUT2D eigenvalue weighted by molar-refractivity contribution is 6.21. The van der Waals surface area contributed by atoms with Gasteiger partial charge in [0.05, 0.1) is 18.6 Å². The standard InChI is InChI=1S/C14H19ClO2/c1-11(15)14(12-7-5-4-6-8-12)16-9-13(2,3)10-17-14/h4-8,11H,9-10H2,1-3H3. The Bertz CT molecular complexity index is 363. The van der Waals surface area contributed by atoms with Crippen LogP contribution in [0.3, 0.4) is 0 Å². The van der Waals surface area contributed by atoms with Crippen LogP contribution in [0, 0.1) is 5.41 Å². The van der Waals surface area contributed by atoms with Crippen molar-refractivity contribution in [2.75, 3.05) is 13.2 Å². The van der Waals surface area contributed by atoms with Crippen LogP contribution >= 0.6 is 11.6 Å². The molecule has 0 bridgehead atoms. The first-order chi connectivity index (χ1) is 7.96. The highest BCUT2D eigenvalue weighted by Crippen LogP contribution is 2.40. The molecule has 0 N–H and O–H groups in total. The number of halogens is 1. The molecule has 0 aromatic heterocycles. The van der Waals surface area contributed by atoms with Gasteiger partial charge >= 0.3 is 0 Å². The average molecular weight is 255 g/mol. The van der Waals surface area contributed by atoms with E-state index in [0.29, 0.717) is 13.2 Å². The molecular weight excluding hydrogens is 236 g/mol. The molecule has 2 nitrogen and oxygen atoms in total. The summed E-state index contributed by atoms with van der Waals surface area (Å²) >= 11 is 6.29. The van der Waals surface area contributed by atoms with Crippen molar-refractivity contribution in [3.8, 4) is 0 Å². The molecule has 0 saturated carbocycles. The predicted octanol–water partition coefficient (Wildman–Crippen LogP) is 3.54. The quantitative estimate of drug-likeness (QED) is 0.752. The summed E-state index contributed by atoms with van der Waals surface area (Å²) in [6.07, 6.45) is 0. The number of benzene rings is 1. The van der Waals surface area contributed by atoms with Crippen LogP contribution < -0.4 is 0 Å². The Labute approximate surface area is 108 Å². The minimum atomic E-state index is -0.807. The van der Waals surface area contributed by atoms with E-state index in [4.69, 9.17) is 21.1 Å². The van der Waals surface area contributed by atoms with Crippen molar-refractivity contribution < 1.29 is 9.47 Å². The summed E-state index contributed by atoms with van der Waals surface area (Å²) in [4.78, 5) is 0. The molecular formula is C14H19ClO2. The molecule has 0 radical (unpaired) electrons. The molecule has 1 aliphatic heterocycles. The average Bonchev–Trinajstić information content (AvgIpc) is 2.30. The summed E-state index contributed by atoms with van der Waals surface area (Å²) in [6, 6.07) is 9.92. The normalized spacial score (nSPS) is 24.2.